The van der Waals surface area contributed by atoms with Gasteiger partial charge in [0.05, 0.1) is 6.61 Å². The highest BCUT2D eigenvalue weighted by Gasteiger charge is 2.15. The van der Waals surface area contributed by atoms with E-state index >= 15 is 0 Å². The first-order chi connectivity index (χ1) is 4.42. The van der Waals surface area contributed by atoms with Crippen molar-refractivity contribution in [3.05, 3.63) is 0 Å². The van der Waals surface area contributed by atoms with Crippen molar-refractivity contribution in [1.82, 2.24) is 0 Å². The first-order valence-corrected chi connectivity index (χ1v) is 3.68. The Hall–Kier alpha value is -0.110. The summed E-state index contributed by atoms with van der Waals surface area (Å²) in [6.07, 6.45) is 0. The molecule has 0 aliphatic rings. The Balaban J connectivity index is 3.21. The van der Waals surface area contributed by atoms with Crippen LogP contribution >= 0.6 is 0 Å². The third-order valence-corrected chi connectivity index (χ3v) is 0.896. The summed E-state index contributed by atoms with van der Waals surface area (Å²) < 4.78 is 17.8. The molecule has 0 saturated heterocycles. The normalized spacial score (nSPS) is 12.6. The summed E-state index contributed by atoms with van der Waals surface area (Å²) in [7, 11) is 0. The van der Waals surface area contributed by atoms with Crippen molar-refractivity contribution >= 4 is 0 Å². The molecular formula is C8H17FO. The number of hydrogen-bond donors (Lipinski definition) is 0. The molecule has 0 aromatic heterocycles. The van der Waals surface area contributed by atoms with Crippen LogP contribution in [0.4, 0.5) is 4.39 Å². The Morgan fingerprint density at radius 3 is 2.20 bits per heavy atom. The summed E-state index contributed by atoms with van der Waals surface area (Å²) in [6, 6.07) is 0. The van der Waals surface area contributed by atoms with Gasteiger partial charge in [0.2, 0.25) is 0 Å². The molecule has 1 nitrogen and oxygen atoms in total. The third kappa shape index (κ3) is 7.89. The highest BCUT2D eigenvalue weighted by molar-refractivity contribution is 4.63. The van der Waals surface area contributed by atoms with Crippen LogP contribution in [-0.2, 0) is 4.74 Å². The molecule has 0 heterocycles. The molecular weight excluding hydrogens is 131 g/mol. The lowest BCUT2D eigenvalue weighted by Gasteiger charge is -2.14. The zero-order chi connectivity index (χ0) is 8.20. The van der Waals surface area contributed by atoms with Crippen molar-refractivity contribution in [2.75, 3.05) is 13.2 Å². The van der Waals surface area contributed by atoms with Gasteiger partial charge in [-0.25, -0.2) is 4.39 Å². The number of ether oxygens (including phenoxy) is 1. The lowest BCUT2D eigenvalue weighted by molar-refractivity contribution is 0.0248. The van der Waals surface area contributed by atoms with Crippen molar-refractivity contribution in [3.63, 3.8) is 0 Å². The summed E-state index contributed by atoms with van der Waals surface area (Å²) in [5.74, 6) is 0.488. The molecule has 0 unspecified atom stereocenters. The summed E-state index contributed by atoms with van der Waals surface area (Å²) >= 11 is 0. The highest BCUT2D eigenvalue weighted by Crippen LogP contribution is 2.08. The van der Waals surface area contributed by atoms with Crippen molar-refractivity contribution in [1.29, 1.82) is 0 Å². The molecule has 0 aromatic carbocycles. The van der Waals surface area contributed by atoms with Crippen LogP contribution in [0.5, 0.6) is 0 Å². The van der Waals surface area contributed by atoms with Gasteiger partial charge in [-0.1, -0.05) is 13.8 Å². The van der Waals surface area contributed by atoms with Gasteiger partial charge in [-0.3, -0.25) is 0 Å². The van der Waals surface area contributed by atoms with Gasteiger partial charge in [-0.05, 0) is 19.8 Å². The van der Waals surface area contributed by atoms with Gasteiger partial charge in [0.15, 0.2) is 0 Å². The van der Waals surface area contributed by atoms with Crippen LogP contribution in [0.15, 0.2) is 0 Å². The van der Waals surface area contributed by atoms with E-state index in [4.69, 9.17) is 4.74 Å². The summed E-state index contributed by atoms with van der Waals surface area (Å²) in [4.78, 5) is 0. The minimum absolute atomic E-state index is 0.200. The largest absolute Gasteiger partial charge is 0.378 e. The molecule has 0 fully saturated rings. The lowest BCUT2D eigenvalue weighted by Crippen LogP contribution is -2.21. The van der Waals surface area contributed by atoms with Crippen LogP contribution in [0.25, 0.3) is 0 Å². The maximum atomic E-state index is 12.7. The molecule has 0 rings (SSSR count). The van der Waals surface area contributed by atoms with Gasteiger partial charge < -0.3 is 4.74 Å². The minimum atomic E-state index is -1.19. The number of halogens is 1. The van der Waals surface area contributed by atoms with Crippen molar-refractivity contribution < 1.29 is 9.13 Å². The molecule has 0 spiro atoms. The zero-order valence-electron chi connectivity index (χ0n) is 7.28. The average molecular weight is 148 g/mol. The molecule has 2 heteroatoms. The van der Waals surface area contributed by atoms with E-state index < -0.39 is 5.67 Å². The predicted molar refractivity (Wildman–Crippen MR) is 40.8 cm³/mol. The number of rotatable bonds is 4. The van der Waals surface area contributed by atoms with Crippen LogP contribution in [0.2, 0.25) is 0 Å². The SMILES string of the molecule is CC(C)COCC(C)(C)F. The van der Waals surface area contributed by atoms with Crippen molar-refractivity contribution in [2.45, 2.75) is 33.4 Å². The molecule has 62 valence electrons. The quantitative estimate of drug-likeness (QED) is 0.595. The van der Waals surface area contributed by atoms with Gasteiger partial charge in [-0.2, -0.15) is 0 Å². The molecule has 0 N–H and O–H groups in total. The second-order valence-electron chi connectivity index (χ2n) is 3.63. The van der Waals surface area contributed by atoms with Gasteiger partial charge >= 0.3 is 0 Å². The van der Waals surface area contributed by atoms with Gasteiger partial charge in [-0.15, -0.1) is 0 Å². The molecule has 0 radical (unpaired) electrons. The third-order valence-electron chi connectivity index (χ3n) is 0.896. The molecule has 0 bridgehead atoms. The van der Waals surface area contributed by atoms with Crippen molar-refractivity contribution in [2.24, 2.45) is 5.92 Å². The molecule has 0 amide bonds. The fourth-order valence-electron chi connectivity index (χ4n) is 0.537. The standard InChI is InChI=1S/C8H17FO/c1-7(2)5-10-6-8(3,4)9/h7H,5-6H2,1-4H3. The van der Waals surface area contributed by atoms with E-state index in [1.54, 1.807) is 0 Å². The second kappa shape index (κ2) is 3.91. The van der Waals surface area contributed by atoms with Crippen LogP contribution < -0.4 is 0 Å². The minimum Gasteiger partial charge on any atom is -0.378 e. The van der Waals surface area contributed by atoms with E-state index in [1.165, 1.54) is 13.8 Å². The highest BCUT2D eigenvalue weighted by atomic mass is 19.1. The molecule has 0 aliphatic carbocycles. The van der Waals surface area contributed by atoms with E-state index in [2.05, 4.69) is 0 Å². The first kappa shape index (κ1) is 9.89. The van der Waals surface area contributed by atoms with Crippen LogP contribution in [-0.4, -0.2) is 18.9 Å². The fraction of sp³-hybridized carbons (Fsp3) is 1.00. The summed E-state index contributed by atoms with van der Waals surface area (Å²) in [5.41, 5.74) is -1.19. The van der Waals surface area contributed by atoms with Crippen molar-refractivity contribution in [3.8, 4) is 0 Å². The maximum Gasteiger partial charge on any atom is 0.128 e. The van der Waals surface area contributed by atoms with Gasteiger partial charge in [0.1, 0.15) is 5.67 Å². The monoisotopic (exact) mass is 148 g/mol. The Labute approximate surface area is 62.6 Å². The Bertz CT molecular complexity index is 83.7. The summed E-state index contributed by atoms with van der Waals surface area (Å²) in [5, 5.41) is 0. The second-order valence-corrected chi connectivity index (χ2v) is 3.63. The van der Waals surface area contributed by atoms with Gasteiger partial charge in [0.25, 0.3) is 0 Å². The smallest absolute Gasteiger partial charge is 0.128 e. The molecule has 0 aromatic rings. The Kier molecular flexibility index (Phi) is 3.87. The van der Waals surface area contributed by atoms with E-state index in [1.807, 2.05) is 13.8 Å². The molecule has 0 saturated carbocycles. The average Bonchev–Trinajstić information content (AvgIpc) is 1.59. The number of hydrogen-bond acceptors (Lipinski definition) is 1. The molecule has 0 aliphatic heterocycles. The van der Waals surface area contributed by atoms with E-state index in [-0.39, 0.29) is 6.61 Å². The van der Waals surface area contributed by atoms with Crippen LogP contribution in [0, 0.1) is 5.92 Å². The van der Waals surface area contributed by atoms with E-state index in [0.717, 1.165) is 0 Å². The lowest BCUT2D eigenvalue weighted by atomic mass is 10.2. The predicted octanol–water partition coefficient (Wildman–Crippen LogP) is 2.41. The Morgan fingerprint density at radius 1 is 1.40 bits per heavy atom. The first-order valence-electron chi connectivity index (χ1n) is 3.68. The summed E-state index contributed by atoms with van der Waals surface area (Å²) in [6.45, 7) is 7.98. The zero-order valence-corrected chi connectivity index (χ0v) is 7.28. The Morgan fingerprint density at radius 2 is 1.90 bits per heavy atom. The molecule has 0 atom stereocenters. The fourth-order valence-corrected chi connectivity index (χ4v) is 0.537. The number of alkyl halides is 1. The maximum absolute atomic E-state index is 12.7. The van der Waals surface area contributed by atoms with Crippen LogP contribution in [0.1, 0.15) is 27.7 Å². The van der Waals surface area contributed by atoms with E-state index in [9.17, 15) is 4.39 Å². The topological polar surface area (TPSA) is 9.23 Å². The molecule has 10 heavy (non-hydrogen) atoms. The van der Waals surface area contributed by atoms with Crippen LogP contribution in [0.3, 0.4) is 0 Å². The van der Waals surface area contributed by atoms with E-state index in [0.29, 0.717) is 12.5 Å². The van der Waals surface area contributed by atoms with Gasteiger partial charge in [0, 0.05) is 6.61 Å².